The Morgan fingerprint density at radius 2 is 1.52 bits per heavy atom. The van der Waals surface area contributed by atoms with Gasteiger partial charge in [0.1, 0.15) is 6.04 Å². The molecule has 0 saturated carbocycles. The molecular formula is C15H29N3O3. The zero-order valence-corrected chi connectivity index (χ0v) is 14.5. The van der Waals surface area contributed by atoms with Gasteiger partial charge in [-0.15, -0.1) is 0 Å². The van der Waals surface area contributed by atoms with Gasteiger partial charge in [-0.2, -0.15) is 0 Å². The summed E-state index contributed by atoms with van der Waals surface area (Å²) in [6.45, 7) is 12.5. The number of hydrogen-bond acceptors (Lipinski definition) is 3. The van der Waals surface area contributed by atoms with Gasteiger partial charge in [-0.25, -0.2) is 0 Å². The highest BCUT2D eigenvalue weighted by molar-refractivity contribution is 5.91. The molecule has 0 rings (SSSR count). The molecule has 6 heteroatoms. The number of carbonyl (C=O) groups is 3. The van der Waals surface area contributed by atoms with Crippen LogP contribution in [-0.4, -0.2) is 47.8 Å². The number of hydrogen-bond donors (Lipinski definition) is 2. The molecule has 0 aliphatic heterocycles. The van der Waals surface area contributed by atoms with E-state index in [-0.39, 0.29) is 29.8 Å². The van der Waals surface area contributed by atoms with E-state index >= 15 is 0 Å². The van der Waals surface area contributed by atoms with Gasteiger partial charge < -0.3 is 15.5 Å². The third kappa shape index (κ3) is 7.68. The average Bonchev–Trinajstić information content (AvgIpc) is 2.23. The van der Waals surface area contributed by atoms with E-state index < -0.39 is 11.5 Å². The minimum atomic E-state index is -0.663. The van der Waals surface area contributed by atoms with Crippen LogP contribution in [0.3, 0.4) is 0 Å². The predicted octanol–water partition coefficient (Wildman–Crippen LogP) is 0.910. The van der Waals surface area contributed by atoms with Crippen LogP contribution in [0, 0.1) is 5.41 Å². The van der Waals surface area contributed by atoms with E-state index in [0.717, 1.165) is 0 Å². The van der Waals surface area contributed by atoms with Crippen molar-refractivity contribution >= 4 is 17.7 Å². The van der Waals surface area contributed by atoms with E-state index in [1.165, 1.54) is 4.90 Å². The summed E-state index contributed by atoms with van der Waals surface area (Å²) < 4.78 is 0. The van der Waals surface area contributed by atoms with Crippen molar-refractivity contribution in [2.45, 2.75) is 60.0 Å². The van der Waals surface area contributed by atoms with E-state index in [9.17, 15) is 14.4 Å². The second-order valence-corrected chi connectivity index (χ2v) is 7.44. The molecule has 0 fully saturated rings. The Morgan fingerprint density at radius 3 is 1.90 bits per heavy atom. The van der Waals surface area contributed by atoms with Gasteiger partial charge in [0.2, 0.25) is 17.7 Å². The fraction of sp³-hybridized carbons (Fsp3) is 0.800. The predicted molar refractivity (Wildman–Crippen MR) is 82.6 cm³/mol. The number of likely N-dealkylation sites (N-methyl/N-ethyl adjacent to an activating group) is 1. The van der Waals surface area contributed by atoms with Crippen LogP contribution in [0.5, 0.6) is 0 Å². The maximum absolute atomic E-state index is 12.1. The van der Waals surface area contributed by atoms with Crippen molar-refractivity contribution in [3.8, 4) is 0 Å². The third-order valence-corrected chi connectivity index (χ3v) is 2.67. The van der Waals surface area contributed by atoms with Crippen molar-refractivity contribution < 1.29 is 14.4 Å². The lowest BCUT2D eigenvalue weighted by Crippen LogP contribution is -2.52. The summed E-state index contributed by atoms with van der Waals surface area (Å²) in [5.74, 6) is -0.722. The van der Waals surface area contributed by atoms with Crippen LogP contribution in [0.4, 0.5) is 0 Å². The van der Waals surface area contributed by atoms with Crippen molar-refractivity contribution in [3.05, 3.63) is 0 Å². The number of amides is 3. The highest BCUT2D eigenvalue weighted by Gasteiger charge is 2.27. The minimum absolute atomic E-state index is 0.0359. The van der Waals surface area contributed by atoms with Crippen LogP contribution in [0.1, 0.15) is 48.5 Å². The number of nitrogens with one attached hydrogen (secondary N) is 2. The van der Waals surface area contributed by atoms with Crippen molar-refractivity contribution in [1.29, 1.82) is 0 Å². The van der Waals surface area contributed by atoms with Crippen LogP contribution in [0.25, 0.3) is 0 Å². The van der Waals surface area contributed by atoms with E-state index in [2.05, 4.69) is 10.6 Å². The summed E-state index contributed by atoms with van der Waals surface area (Å²) in [5, 5.41) is 5.45. The van der Waals surface area contributed by atoms with Crippen LogP contribution >= 0.6 is 0 Å². The maximum atomic E-state index is 12.1. The fourth-order valence-electron chi connectivity index (χ4n) is 1.56. The summed E-state index contributed by atoms with van der Waals surface area (Å²) >= 11 is 0. The lowest BCUT2D eigenvalue weighted by Gasteiger charge is -2.26. The Hall–Kier alpha value is -1.59. The summed E-state index contributed by atoms with van der Waals surface area (Å²) in [6.07, 6.45) is 0. The summed E-state index contributed by atoms with van der Waals surface area (Å²) in [6, 6.07) is -0.663. The third-order valence-electron chi connectivity index (χ3n) is 2.67. The first-order valence-electron chi connectivity index (χ1n) is 7.11. The lowest BCUT2D eigenvalue weighted by atomic mass is 9.95. The summed E-state index contributed by atoms with van der Waals surface area (Å²) in [7, 11) is 1.55. The topological polar surface area (TPSA) is 78.5 Å². The van der Waals surface area contributed by atoms with Crippen LogP contribution in [0.15, 0.2) is 0 Å². The molecule has 0 aromatic heterocycles. The molecule has 0 aliphatic carbocycles. The van der Waals surface area contributed by atoms with Gasteiger partial charge >= 0.3 is 0 Å². The molecule has 1 atom stereocenters. The maximum Gasteiger partial charge on any atom is 0.245 e. The van der Waals surface area contributed by atoms with Gasteiger partial charge in [-0.05, 0) is 27.7 Å². The summed E-state index contributed by atoms with van der Waals surface area (Å²) in [5.41, 5.74) is -0.899. The second kappa shape index (κ2) is 6.91. The van der Waals surface area contributed by atoms with Gasteiger partial charge in [-0.3, -0.25) is 14.4 Å². The highest BCUT2D eigenvalue weighted by Crippen LogP contribution is 2.13. The molecule has 0 radical (unpaired) electrons. The first-order valence-corrected chi connectivity index (χ1v) is 7.11. The first kappa shape index (κ1) is 19.4. The molecular weight excluding hydrogens is 270 g/mol. The molecule has 0 spiro atoms. The van der Waals surface area contributed by atoms with E-state index in [4.69, 9.17) is 0 Å². The Labute approximate surface area is 127 Å². The van der Waals surface area contributed by atoms with Crippen LogP contribution in [-0.2, 0) is 14.4 Å². The largest absolute Gasteiger partial charge is 0.350 e. The van der Waals surface area contributed by atoms with Gasteiger partial charge in [0.15, 0.2) is 0 Å². The number of nitrogens with zero attached hydrogens (tertiary/aromatic N) is 1. The molecule has 0 heterocycles. The monoisotopic (exact) mass is 299 g/mol. The Kier molecular flexibility index (Phi) is 6.39. The number of carbonyl (C=O) groups excluding carboxylic acids is 3. The molecule has 0 aromatic rings. The highest BCUT2D eigenvalue weighted by atomic mass is 16.2. The van der Waals surface area contributed by atoms with Gasteiger partial charge in [0.25, 0.3) is 0 Å². The standard InChI is InChI=1S/C15H29N3O3/c1-10(16-13(21)14(2,3)4)12(20)18(8)9-11(19)17-15(5,6)7/h10H,9H2,1-8H3,(H,16,21)(H,17,19). The zero-order valence-electron chi connectivity index (χ0n) is 14.5. The van der Waals surface area contributed by atoms with E-state index in [1.54, 1.807) is 34.7 Å². The summed E-state index contributed by atoms with van der Waals surface area (Å²) in [4.78, 5) is 37.1. The molecule has 0 bridgehead atoms. The molecule has 3 amide bonds. The smallest absolute Gasteiger partial charge is 0.245 e. The Bertz CT molecular complexity index is 405. The van der Waals surface area contributed by atoms with Crippen molar-refractivity contribution in [2.75, 3.05) is 13.6 Å². The lowest BCUT2D eigenvalue weighted by molar-refractivity contribution is -0.139. The molecule has 0 aliphatic rings. The average molecular weight is 299 g/mol. The molecule has 6 nitrogen and oxygen atoms in total. The number of rotatable bonds is 4. The minimum Gasteiger partial charge on any atom is -0.350 e. The first-order chi connectivity index (χ1) is 9.24. The normalized spacial score (nSPS) is 13.3. The Morgan fingerprint density at radius 1 is 1.05 bits per heavy atom. The molecule has 2 N–H and O–H groups in total. The molecule has 1 unspecified atom stereocenters. The van der Waals surface area contributed by atoms with Crippen molar-refractivity contribution in [2.24, 2.45) is 5.41 Å². The molecule has 0 saturated heterocycles. The Balaban J connectivity index is 4.51. The van der Waals surface area contributed by atoms with E-state index in [0.29, 0.717) is 0 Å². The van der Waals surface area contributed by atoms with Crippen molar-refractivity contribution in [3.63, 3.8) is 0 Å². The SMILES string of the molecule is CC(NC(=O)C(C)(C)C)C(=O)N(C)CC(=O)NC(C)(C)C. The fourth-order valence-corrected chi connectivity index (χ4v) is 1.56. The second-order valence-electron chi connectivity index (χ2n) is 7.44. The molecule has 0 aromatic carbocycles. The van der Waals surface area contributed by atoms with Crippen LogP contribution < -0.4 is 10.6 Å². The van der Waals surface area contributed by atoms with Gasteiger partial charge in [0, 0.05) is 18.0 Å². The van der Waals surface area contributed by atoms with E-state index in [1.807, 2.05) is 20.8 Å². The molecule has 122 valence electrons. The zero-order chi connectivity index (χ0) is 17.0. The molecule has 21 heavy (non-hydrogen) atoms. The van der Waals surface area contributed by atoms with Gasteiger partial charge in [-0.1, -0.05) is 20.8 Å². The van der Waals surface area contributed by atoms with Crippen LogP contribution in [0.2, 0.25) is 0 Å². The quantitative estimate of drug-likeness (QED) is 0.810. The van der Waals surface area contributed by atoms with Gasteiger partial charge in [0.05, 0.1) is 6.54 Å². The van der Waals surface area contributed by atoms with Crippen molar-refractivity contribution in [1.82, 2.24) is 15.5 Å².